The van der Waals surface area contributed by atoms with E-state index in [-0.39, 0.29) is 96.5 Å². The maximum absolute atomic E-state index is 13.2. The summed E-state index contributed by atoms with van der Waals surface area (Å²) in [5.41, 5.74) is 6.24. The molecule has 6 heterocycles. The van der Waals surface area contributed by atoms with Crippen molar-refractivity contribution in [1.82, 2.24) is 34.9 Å². The van der Waals surface area contributed by atoms with E-state index in [0.717, 1.165) is 11.2 Å². The number of carbonyl (C=O) groups excluding carboxylic acids is 7. The molecule has 0 radical (unpaired) electrons. The number of nitrogens with zero attached hydrogens (tertiary/aromatic N) is 6. The van der Waals surface area contributed by atoms with Crippen LogP contribution in [0.3, 0.4) is 0 Å². The van der Waals surface area contributed by atoms with Crippen molar-refractivity contribution < 1.29 is 60.6 Å². The lowest BCUT2D eigenvalue weighted by Gasteiger charge is -2.32. The molecule has 65 heavy (non-hydrogen) atoms. The van der Waals surface area contributed by atoms with Gasteiger partial charge in [0.25, 0.3) is 23.6 Å². The summed E-state index contributed by atoms with van der Waals surface area (Å²) in [5.74, 6) is -4.14. The molecule has 3 aliphatic heterocycles. The zero-order chi connectivity index (χ0) is 46.3. The molecular formula is C41H44F3N11O10. The average Bonchev–Trinajstić information content (AvgIpc) is 4.01. The number of rotatable bonds is 19. The van der Waals surface area contributed by atoms with Crippen LogP contribution in [-0.4, -0.2) is 136 Å². The SMILES string of the molecule is NC(=O)c1nn(C2CCN(C(=O)CCCOCCOCCNc3cccc4c3C(=O)N(C3CCC(=O)NC3=O)C4=O)CC2)cc1NC(=O)c1coc(-c2ccnc(NCC(F)(F)F)c2)n1. The molecule has 7 amide bonds. The van der Waals surface area contributed by atoms with E-state index in [1.807, 2.05) is 0 Å². The molecule has 0 saturated carbocycles. The summed E-state index contributed by atoms with van der Waals surface area (Å²) >= 11 is 0. The van der Waals surface area contributed by atoms with Gasteiger partial charge in [-0.2, -0.15) is 18.3 Å². The lowest BCUT2D eigenvalue weighted by Crippen LogP contribution is -2.54. The predicted molar refractivity (Wildman–Crippen MR) is 220 cm³/mol. The van der Waals surface area contributed by atoms with E-state index in [2.05, 4.69) is 36.3 Å². The molecule has 1 unspecified atom stereocenters. The van der Waals surface area contributed by atoms with Crippen LogP contribution in [0.4, 0.5) is 30.4 Å². The first-order chi connectivity index (χ1) is 31.2. The number of carbonyl (C=O) groups is 7. The van der Waals surface area contributed by atoms with Crippen molar-refractivity contribution in [1.29, 1.82) is 0 Å². The molecule has 0 aliphatic carbocycles. The third-order valence-electron chi connectivity index (χ3n) is 10.7. The zero-order valence-corrected chi connectivity index (χ0v) is 34.7. The summed E-state index contributed by atoms with van der Waals surface area (Å²) in [6.07, 6.45) is 1.20. The van der Waals surface area contributed by atoms with Gasteiger partial charge in [-0.1, -0.05) is 6.07 Å². The van der Waals surface area contributed by atoms with Crippen molar-refractivity contribution in [3.8, 4) is 11.5 Å². The molecule has 4 aromatic rings. The number of oxazole rings is 1. The number of pyridine rings is 1. The fraction of sp³-hybridized carbons (Fsp3) is 0.415. The minimum Gasteiger partial charge on any atom is -0.444 e. The number of hydrogen-bond donors (Lipinski definition) is 5. The number of halogens is 3. The topological polar surface area (TPSA) is 275 Å². The number of aromatic nitrogens is 4. The predicted octanol–water partition coefficient (Wildman–Crippen LogP) is 2.75. The van der Waals surface area contributed by atoms with E-state index in [1.54, 1.807) is 17.0 Å². The first-order valence-electron chi connectivity index (χ1n) is 20.6. The third-order valence-corrected chi connectivity index (χ3v) is 10.7. The number of hydrogen-bond acceptors (Lipinski definition) is 15. The maximum atomic E-state index is 13.2. The van der Waals surface area contributed by atoms with Crippen LogP contribution in [0, 0.1) is 0 Å². The van der Waals surface area contributed by atoms with Gasteiger partial charge >= 0.3 is 6.18 Å². The van der Waals surface area contributed by atoms with Crippen LogP contribution in [0.2, 0.25) is 0 Å². The smallest absolute Gasteiger partial charge is 0.405 e. The number of primary amides is 1. The van der Waals surface area contributed by atoms with Crippen molar-refractivity contribution in [3.63, 3.8) is 0 Å². The fourth-order valence-electron chi connectivity index (χ4n) is 7.51. The Labute approximate surface area is 367 Å². The van der Waals surface area contributed by atoms with Crippen LogP contribution in [-0.2, 0) is 23.9 Å². The normalized spacial score (nSPS) is 16.7. The lowest BCUT2D eigenvalue weighted by molar-refractivity contribution is -0.136. The number of ether oxygens (including phenoxy) is 2. The second-order valence-electron chi connectivity index (χ2n) is 15.2. The number of imide groups is 2. The summed E-state index contributed by atoms with van der Waals surface area (Å²) in [5, 5.41) is 14.3. The number of piperidine rings is 2. The second-order valence-corrected chi connectivity index (χ2v) is 15.2. The minimum absolute atomic E-state index is 0.0286. The van der Waals surface area contributed by atoms with E-state index in [9.17, 15) is 46.7 Å². The number of amides is 7. The Morgan fingerprint density at radius 3 is 2.46 bits per heavy atom. The monoisotopic (exact) mass is 907 g/mol. The number of nitrogens with two attached hydrogens (primary N) is 1. The molecule has 7 rings (SSSR count). The van der Waals surface area contributed by atoms with Crippen LogP contribution in [0.1, 0.15) is 86.3 Å². The van der Waals surface area contributed by atoms with Gasteiger partial charge in [-0.05, 0) is 49.9 Å². The molecule has 21 nitrogen and oxygen atoms in total. The first kappa shape index (κ1) is 45.8. The molecule has 1 atom stereocenters. The number of nitrogens with one attached hydrogen (secondary N) is 4. The molecular weight excluding hydrogens is 864 g/mol. The van der Waals surface area contributed by atoms with Crippen LogP contribution >= 0.6 is 0 Å². The Hall–Kier alpha value is -7.21. The van der Waals surface area contributed by atoms with E-state index in [4.69, 9.17) is 19.6 Å². The summed E-state index contributed by atoms with van der Waals surface area (Å²) in [4.78, 5) is 99.1. The molecule has 3 aliphatic rings. The highest BCUT2D eigenvalue weighted by molar-refractivity contribution is 6.25. The van der Waals surface area contributed by atoms with Crippen molar-refractivity contribution >= 4 is 58.5 Å². The number of alkyl halides is 3. The number of benzene rings is 1. The highest BCUT2D eigenvalue weighted by Gasteiger charge is 2.45. The molecule has 1 aromatic carbocycles. The van der Waals surface area contributed by atoms with E-state index in [0.29, 0.717) is 51.2 Å². The minimum atomic E-state index is -4.46. The number of anilines is 3. The van der Waals surface area contributed by atoms with Crippen LogP contribution in [0.15, 0.2) is 53.4 Å². The summed E-state index contributed by atoms with van der Waals surface area (Å²) in [6.45, 7) is 1.03. The summed E-state index contributed by atoms with van der Waals surface area (Å²) in [7, 11) is 0. The first-order valence-corrected chi connectivity index (χ1v) is 20.6. The molecule has 2 saturated heterocycles. The van der Waals surface area contributed by atoms with Gasteiger partial charge < -0.3 is 40.5 Å². The Kier molecular flexibility index (Phi) is 14.2. The van der Waals surface area contributed by atoms with E-state index >= 15 is 0 Å². The van der Waals surface area contributed by atoms with Gasteiger partial charge in [-0.15, -0.1) is 0 Å². The van der Waals surface area contributed by atoms with Gasteiger partial charge in [0.2, 0.25) is 23.6 Å². The molecule has 6 N–H and O–H groups in total. The molecule has 24 heteroatoms. The van der Waals surface area contributed by atoms with Crippen LogP contribution in [0.25, 0.3) is 11.5 Å². The number of likely N-dealkylation sites (tertiary alicyclic amines) is 1. The van der Waals surface area contributed by atoms with Crippen molar-refractivity contribution in [2.24, 2.45) is 5.73 Å². The third kappa shape index (κ3) is 11.1. The van der Waals surface area contributed by atoms with Crippen molar-refractivity contribution in [3.05, 3.63) is 71.5 Å². The molecule has 344 valence electrons. The quantitative estimate of drug-likeness (QED) is 0.0669. The Morgan fingerprint density at radius 2 is 1.72 bits per heavy atom. The lowest BCUT2D eigenvalue weighted by atomic mass is 10.0. The van der Waals surface area contributed by atoms with E-state index < -0.39 is 54.2 Å². The largest absolute Gasteiger partial charge is 0.444 e. The van der Waals surface area contributed by atoms with Crippen molar-refractivity contribution in [2.45, 2.75) is 56.8 Å². The van der Waals surface area contributed by atoms with Crippen LogP contribution in [0.5, 0.6) is 0 Å². The number of fused-ring (bicyclic) bond motifs is 1. The van der Waals surface area contributed by atoms with Gasteiger partial charge in [-0.25, -0.2) is 9.97 Å². The van der Waals surface area contributed by atoms with Gasteiger partial charge in [0.05, 0.1) is 42.7 Å². The highest BCUT2D eigenvalue weighted by atomic mass is 19.4. The summed E-state index contributed by atoms with van der Waals surface area (Å²) < 4.78 is 56.0. The zero-order valence-electron chi connectivity index (χ0n) is 34.7. The van der Waals surface area contributed by atoms with E-state index in [1.165, 1.54) is 35.3 Å². The molecule has 2 fully saturated rings. The Balaban J connectivity index is 0.785. The molecule has 0 bridgehead atoms. The maximum Gasteiger partial charge on any atom is 0.405 e. The molecule has 3 aromatic heterocycles. The molecule has 0 spiro atoms. The van der Waals surface area contributed by atoms with Gasteiger partial charge in [0, 0.05) is 62.7 Å². The Bertz CT molecular complexity index is 2470. The standard InChI is InChI=1S/C41H44F3N11O10/c42-41(43,44)22-48-30-19-23(8-11-47-30)38-50-28(21-65-38)36(59)49-27-20-54(52-34(27)35(45)58)24-9-13-53(14-10-24)32(57)5-2-15-63-17-18-64-16-12-46-26-4-1-3-25-33(26)40(62)55(39(25)61)29-6-7-31(56)51-37(29)60/h1,3-4,8,11,19-21,24,29,46H,2,5-7,9-10,12-18,22H2,(H2,45,58)(H,47,48)(H,49,59)(H,51,56,60). The highest BCUT2D eigenvalue weighted by Crippen LogP contribution is 2.33. The van der Waals surface area contributed by atoms with Gasteiger partial charge in [0.15, 0.2) is 11.4 Å². The average molecular weight is 908 g/mol. The fourth-order valence-corrected chi connectivity index (χ4v) is 7.51. The van der Waals surface area contributed by atoms with Crippen molar-refractivity contribution in [2.75, 3.05) is 68.6 Å². The van der Waals surface area contributed by atoms with Gasteiger partial charge in [0.1, 0.15) is 24.7 Å². The Morgan fingerprint density at radius 1 is 0.954 bits per heavy atom. The second kappa shape index (κ2) is 20.1. The summed E-state index contributed by atoms with van der Waals surface area (Å²) in [6, 6.07) is 6.27. The van der Waals surface area contributed by atoms with Crippen LogP contribution < -0.4 is 27.0 Å². The van der Waals surface area contributed by atoms with Gasteiger partial charge in [-0.3, -0.25) is 48.5 Å².